The van der Waals surface area contributed by atoms with Gasteiger partial charge in [0.2, 0.25) is 0 Å². The molecule has 0 amide bonds. The van der Waals surface area contributed by atoms with Gasteiger partial charge in [-0.1, -0.05) is 41.7 Å². The van der Waals surface area contributed by atoms with Gasteiger partial charge in [0, 0.05) is 19.7 Å². The Balaban J connectivity index is 2.65. The van der Waals surface area contributed by atoms with Gasteiger partial charge in [-0.25, -0.2) is 4.79 Å². The Morgan fingerprint density at radius 2 is 1.95 bits per heavy atom. The lowest BCUT2D eigenvalue weighted by atomic mass is 10.0. The molecule has 0 radical (unpaired) electrons. The van der Waals surface area contributed by atoms with Crippen molar-refractivity contribution >= 4 is 27.3 Å². The van der Waals surface area contributed by atoms with Crippen LogP contribution in [0.2, 0.25) is 0 Å². The highest BCUT2D eigenvalue weighted by atomic mass is 32.1. The number of anilines is 2. The fourth-order valence-corrected chi connectivity index (χ4v) is 3.03. The molecule has 0 saturated carbocycles. The van der Waals surface area contributed by atoms with Gasteiger partial charge in [-0.2, -0.15) is 0 Å². The molecule has 0 unspecified atom stereocenters. The quantitative estimate of drug-likeness (QED) is 0.878. The van der Waals surface area contributed by atoms with E-state index in [1.807, 2.05) is 49.3 Å². The van der Waals surface area contributed by atoms with Crippen molar-refractivity contribution in [2.75, 3.05) is 31.3 Å². The molecule has 1 aromatic heterocycles. The number of hydrogen-bond acceptors (Lipinski definition) is 5. The molecule has 2 rings (SSSR count). The molecule has 0 spiro atoms. The number of carbonyl (C=O) groups excluding carboxylic acids is 1. The van der Waals surface area contributed by atoms with Crippen molar-refractivity contribution in [3.8, 4) is 11.1 Å². The van der Waals surface area contributed by atoms with Crippen LogP contribution in [0.3, 0.4) is 0 Å². The molecule has 0 aliphatic carbocycles. The van der Waals surface area contributed by atoms with Crippen molar-refractivity contribution in [2.24, 2.45) is 0 Å². The lowest BCUT2D eigenvalue weighted by Gasteiger charge is -2.13. The Labute approximate surface area is 122 Å². The lowest BCUT2D eigenvalue weighted by molar-refractivity contribution is 0.0529. The third-order valence-corrected chi connectivity index (χ3v) is 4.05. The lowest BCUT2D eigenvalue weighted by Crippen LogP contribution is -2.10. The van der Waals surface area contributed by atoms with E-state index in [9.17, 15) is 4.79 Å². The number of nitrogens with two attached hydrogens (primary N) is 1. The number of esters is 1. The van der Waals surface area contributed by atoms with E-state index in [0.717, 1.165) is 16.1 Å². The van der Waals surface area contributed by atoms with Crippen LogP contribution >= 0.6 is 11.3 Å². The summed E-state index contributed by atoms with van der Waals surface area (Å²) in [5.41, 5.74) is 8.31. The van der Waals surface area contributed by atoms with E-state index in [0.29, 0.717) is 17.2 Å². The van der Waals surface area contributed by atoms with E-state index in [4.69, 9.17) is 10.5 Å². The first-order valence-corrected chi connectivity index (χ1v) is 7.20. The van der Waals surface area contributed by atoms with E-state index in [2.05, 4.69) is 0 Å². The molecule has 1 heterocycles. The van der Waals surface area contributed by atoms with Gasteiger partial charge in [0.15, 0.2) is 0 Å². The molecule has 20 heavy (non-hydrogen) atoms. The highest BCUT2D eigenvalue weighted by Crippen LogP contribution is 2.44. The van der Waals surface area contributed by atoms with E-state index in [-0.39, 0.29) is 5.97 Å². The molecule has 5 heteroatoms. The molecule has 0 bridgehead atoms. The molecule has 4 nitrogen and oxygen atoms in total. The van der Waals surface area contributed by atoms with Crippen LogP contribution in [0.1, 0.15) is 17.3 Å². The van der Waals surface area contributed by atoms with Crippen LogP contribution in [0.4, 0.5) is 10.0 Å². The van der Waals surface area contributed by atoms with Gasteiger partial charge in [-0.05, 0) is 12.5 Å². The second kappa shape index (κ2) is 5.96. The predicted molar refractivity (Wildman–Crippen MR) is 84.5 cm³/mol. The number of nitrogen functional groups attached to an aromatic ring is 1. The van der Waals surface area contributed by atoms with Gasteiger partial charge in [0.1, 0.15) is 15.6 Å². The molecule has 0 aliphatic heterocycles. The zero-order valence-corrected chi connectivity index (χ0v) is 12.7. The molecule has 0 atom stereocenters. The summed E-state index contributed by atoms with van der Waals surface area (Å²) in [6, 6.07) is 9.77. The minimum atomic E-state index is -0.367. The van der Waals surface area contributed by atoms with Crippen LogP contribution in [0, 0.1) is 0 Å². The largest absolute Gasteiger partial charge is 0.462 e. The number of benzene rings is 1. The Hall–Kier alpha value is -2.01. The summed E-state index contributed by atoms with van der Waals surface area (Å²) in [5.74, 6) is -0.367. The Bertz CT molecular complexity index is 606. The van der Waals surface area contributed by atoms with Gasteiger partial charge in [-0.3, -0.25) is 0 Å². The standard InChI is InChI=1S/C15H18N2O2S/c1-4-19-15(18)12-11(10-8-6-5-7-9-10)14(17(2)3)20-13(12)16/h5-9H,4,16H2,1-3H3. The molecule has 2 aromatic rings. The van der Waals surface area contributed by atoms with Crippen LogP contribution in [0.5, 0.6) is 0 Å². The first-order chi connectivity index (χ1) is 9.56. The predicted octanol–water partition coefficient (Wildman–Crippen LogP) is 3.24. The summed E-state index contributed by atoms with van der Waals surface area (Å²) in [7, 11) is 3.87. The number of rotatable bonds is 4. The van der Waals surface area contributed by atoms with Crippen LogP contribution in [0.25, 0.3) is 11.1 Å². The minimum Gasteiger partial charge on any atom is -0.462 e. The first-order valence-electron chi connectivity index (χ1n) is 6.38. The third-order valence-electron chi connectivity index (χ3n) is 2.87. The van der Waals surface area contributed by atoms with Crippen molar-refractivity contribution in [1.82, 2.24) is 0 Å². The van der Waals surface area contributed by atoms with Crippen molar-refractivity contribution in [3.05, 3.63) is 35.9 Å². The van der Waals surface area contributed by atoms with Gasteiger partial charge in [0.25, 0.3) is 0 Å². The fourth-order valence-electron chi connectivity index (χ4n) is 2.03. The fraction of sp³-hybridized carbons (Fsp3) is 0.267. The van der Waals surface area contributed by atoms with E-state index in [1.54, 1.807) is 6.92 Å². The summed E-state index contributed by atoms with van der Waals surface area (Å²) in [5, 5.41) is 1.45. The average Bonchev–Trinajstić information content (AvgIpc) is 2.78. The number of ether oxygens (including phenoxy) is 1. The van der Waals surface area contributed by atoms with Gasteiger partial charge in [-0.15, -0.1) is 0 Å². The van der Waals surface area contributed by atoms with E-state index in [1.165, 1.54) is 11.3 Å². The highest BCUT2D eigenvalue weighted by Gasteiger charge is 2.25. The monoisotopic (exact) mass is 290 g/mol. The number of thiophene rings is 1. The van der Waals surface area contributed by atoms with Crippen LogP contribution in [-0.4, -0.2) is 26.7 Å². The SMILES string of the molecule is CCOC(=O)c1c(N)sc(N(C)C)c1-c1ccccc1. The minimum absolute atomic E-state index is 0.333. The zero-order valence-electron chi connectivity index (χ0n) is 11.8. The second-order valence-corrected chi connectivity index (χ2v) is 5.53. The normalized spacial score (nSPS) is 10.3. The molecule has 1 aromatic carbocycles. The summed E-state index contributed by atoms with van der Waals surface area (Å²) in [4.78, 5) is 14.1. The van der Waals surface area contributed by atoms with Crippen LogP contribution in [0.15, 0.2) is 30.3 Å². The summed E-state index contributed by atoms with van der Waals surface area (Å²) in [6.45, 7) is 2.12. The maximum absolute atomic E-state index is 12.2. The number of hydrogen-bond donors (Lipinski definition) is 1. The molecule has 0 saturated heterocycles. The summed E-state index contributed by atoms with van der Waals surface area (Å²) < 4.78 is 5.13. The van der Waals surface area contributed by atoms with Crippen molar-refractivity contribution in [1.29, 1.82) is 0 Å². The smallest absolute Gasteiger partial charge is 0.341 e. The maximum Gasteiger partial charge on any atom is 0.341 e. The summed E-state index contributed by atoms with van der Waals surface area (Å²) in [6.07, 6.45) is 0. The maximum atomic E-state index is 12.2. The Morgan fingerprint density at radius 3 is 2.50 bits per heavy atom. The van der Waals surface area contributed by atoms with Crippen LogP contribution < -0.4 is 10.6 Å². The third kappa shape index (κ3) is 2.63. The molecule has 106 valence electrons. The van der Waals surface area contributed by atoms with Gasteiger partial charge in [0.05, 0.1) is 6.61 Å². The van der Waals surface area contributed by atoms with Gasteiger partial charge < -0.3 is 15.4 Å². The molecule has 2 N–H and O–H groups in total. The number of nitrogens with zero attached hydrogens (tertiary/aromatic N) is 1. The zero-order chi connectivity index (χ0) is 14.7. The molecular formula is C15H18N2O2S. The van der Waals surface area contributed by atoms with E-state index < -0.39 is 0 Å². The molecule has 0 fully saturated rings. The Kier molecular flexibility index (Phi) is 4.29. The van der Waals surface area contributed by atoms with Crippen LogP contribution in [-0.2, 0) is 4.74 Å². The van der Waals surface area contributed by atoms with Crippen molar-refractivity contribution < 1.29 is 9.53 Å². The number of carbonyl (C=O) groups is 1. The highest BCUT2D eigenvalue weighted by molar-refractivity contribution is 7.21. The second-order valence-electron chi connectivity index (χ2n) is 4.50. The molecule has 0 aliphatic rings. The first kappa shape index (κ1) is 14.4. The topological polar surface area (TPSA) is 55.6 Å². The van der Waals surface area contributed by atoms with Gasteiger partial charge >= 0.3 is 5.97 Å². The van der Waals surface area contributed by atoms with E-state index >= 15 is 0 Å². The Morgan fingerprint density at radius 1 is 1.30 bits per heavy atom. The summed E-state index contributed by atoms with van der Waals surface area (Å²) >= 11 is 1.40. The van der Waals surface area contributed by atoms with Crippen molar-refractivity contribution in [3.63, 3.8) is 0 Å². The average molecular weight is 290 g/mol. The van der Waals surface area contributed by atoms with Crippen molar-refractivity contribution in [2.45, 2.75) is 6.92 Å². The molecular weight excluding hydrogens is 272 g/mol.